The molecule has 5 nitrogen and oxygen atoms in total. The second kappa shape index (κ2) is 5.79. The van der Waals surface area contributed by atoms with Crippen molar-refractivity contribution in [1.29, 1.82) is 0 Å². The van der Waals surface area contributed by atoms with Gasteiger partial charge in [-0.15, -0.1) is 0 Å². The van der Waals surface area contributed by atoms with Crippen LogP contribution in [0.2, 0.25) is 0 Å². The van der Waals surface area contributed by atoms with Crippen LogP contribution >= 0.6 is 0 Å². The Balaban J connectivity index is 4.63. The lowest BCUT2D eigenvalue weighted by atomic mass is 10.0. The molecule has 0 aromatic heterocycles. The van der Waals surface area contributed by atoms with Gasteiger partial charge in [-0.2, -0.15) is 17.4 Å². The zero-order valence-corrected chi connectivity index (χ0v) is 10.9. The molecule has 0 radical (unpaired) electrons. The maximum Gasteiger partial charge on any atom is 0.279 e. The molecule has 0 aromatic rings. The first-order chi connectivity index (χ1) is 6.79. The van der Waals surface area contributed by atoms with Crippen molar-refractivity contribution in [3.63, 3.8) is 0 Å². The predicted octanol–water partition coefficient (Wildman–Crippen LogP) is 0.290. The summed E-state index contributed by atoms with van der Waals surface area (Å²) < 4.78 is 27.8. The first kappa shape index (κ1) is 14.8. The Bertz CT molecular complexity index is 271. The van der Waals surface area contributed by atoms with E-state index in [4.69, 9.17) is 5.73 Å². The van der Waals surface area contributed by atoms with Crippen LogP contribution in [0.3, 0.4) is 0 Å². The summed E-state index contributed by atoms with van der Waals surface area (Å²) in [4.78, 5) is 0. The average Bonchev–Trinajstić information content (AvgIpc) is 2.02. The summed E-state index contributed by atoms with van der Waals surface area (Å²) in [6.45, 7) is 8.72. The van der Waals surface area contributed by atoms with Gasteiger partial charge in [0.05, 0.1) is 0 Å². The molecule has 0 aliphatic rings. The molecular weight excluding hydrogens is 214 g/mol. The fourth-order valence-corrected chi connectivity index (χ4v) is 3.00. The van der Waals surface area contributed by atoms with Crippen molar-refractivity contribution in [2.24, 2.45) is 5.73 Å². The molecule has 0 rings (SSSR count). The van der Waals surface area contributed by atoms with Crippen LogP contribution < -0.4 is 10.5 Å². The van der Waals surface area contributed by atoms with Crippen molar-refractivity contribution in [3.8, 4) is 0 Å². The second-order valence-corrected chi connectivity index (χ2v) is 5.78. The molecule has 0 fully saturated rings. The fraction of sp³-hybridized carbons (Fsp3) is 1.00. The Morgan fingerprint density at radius 2 is 1.73 bits per heavy atom. The van der Waals surface area contributed by atoms with Crippen molar-refractivity contribution < 1.29 is 8.42 Å². The van der Waals surface area contributed by atoms with Gasteiger partial charge in [-0.1, -0.05) is 13.8 Å². The highest BCUT2D eigenvalue weighted by molar-refractivity contribution is 7.87. The number of nitrogens with zero attached hydrogens (tertiary/aromatic N) is 1. The van der Waals surface area contributed by atoms with Gasteiger partial charge in [0.15, 0.2) is 0 Å². The van der Waals surface area contributed by atoms with Crippen molar-refractivity contribution >= 4 is 10.2 Å². The molecule has 0 heterocycles. The average molecular weight is 237 g/mol. The maximum absolute atomic E-state index is 11.9. The third kappa shape index (κ3) is 4.92. The predicted molar refractivity (Wildman–Crippen MR) is 62.7 cm³/mol. The van der Waals surface area contributed by atoms with Crippen LogP contribution in [0.5, 0.6) is 0 Å². The topological polar surface area (TPSA) is 75.4 Å². The largest absolute Gasteiger partial charge is 0.330 e. The maximum atomic E-state index is 11.9. The summed E-state index contributed by atoms with van der Waals surface area (Å²) in [7, 11) is -3.37. The molecule has 0 amide bonds. The summed E-state index contributed by atoms with van der Waals surface area (Å²) in [5.41, 5.74) is 4.94. The van der Waals surface area contributed by atoms with E-state index in [-0.39, 0.29) is 0 Å². The van der Waals surface area contributed by atoms with E-state index in [1.165, 1.54) is 4.31 Å². The van der Waals surface area contributed by atoms with Gasteiger partial charge < -0.3 is 5.73 Å². The molecule has 0 aliphatic heterocycles. The van der Waals surface area contributed by atoms with Crippen LogP contribution in [0.15, 0.2) is 0 Å². The van der Waals surface area contributed by atoms with Crippen molar-refractivity contribution in [2.45, 2.75) is 39.7 Å². The molecule has 0 aromatic carbocycles. The molecule has 0 aliphatic carbocycles. The van der Waals surface area contributed by atoms with Crippen LogP contribution in [0.4, 0.5) is 0 Å². The van der Waals surface area contributed by atoms with Crippen LogP contribution in [0.1, 0.15) is 34.1 Å². The molecule has 3 N–H and O–H groups in total. The fourth-order valence-electron chi connectivity index (χ4n) is 1.39. The smallest absolute Gasteiger partial charge is 0.279 e. The van der Waals surface area contributed by atoms with Gasteiger partial charge in [0.1, 0.15) is 0 Å². The van der Waals surface area contributed by atoms with E-state index in [0.717, 1.165) is 0 Å². The summed E-state index contributed by atoms with van der Waals surface area (Å²) in [5.74, 6) is 0. The molecule has 0 saturated heterocycles. The van der Waals surface area contributed by atoms with Crippen LogP contribution in [-0.2, 0) is 10.2 Å². The molecule has 0 saturated carbocycles. The molecule has 0 bridgehead atoms. The van der Waals surface area contributed by atoms with Crippen molar-refractivity contribution in [1.82, 2.24) is 9.03 Å². The highest BCUT2D eigenvalue weighted by atomic mass is 32.2. The SMILES string of the molecule is CCN(CC)S(=O)(=O)NC(C)(C)CCN. The highest BCUT2D eigenvalue weighted by Gasteiger charge is 2.27. The van der Waals surface area contributed by atoms with Gasteiger partial charge in [0.25, 0.3) is 10.2 Å². The zero-order chi connectivity index (χ0) is 12.1. The Hall–Kier alpha value is -0.170. The van der Waals surface area contributed by atoms with Gasteiger partial charge in [-0.3, -0.25) is 0 Å². The Kier molecular flexibility index (Phi) is 5.72. The third-order valence-corrected chi connectivity index (χ3v) is 4.23. The standard InChI is InChI=1S/C9H23N3O2S/c1-5-12(6-2)15(13,14)11-9(3,4)7-8-10/h11H,5-8,10H2,1-4H3. The Morgan fingerprint density at radius 3 is 2.07 bits per heavy atom. The Labute approximate surface area is 93.2 Å². The number of nitrogens with two attached hydrogens (primary N) is 1. The second-order valence-electron chi connectivity index (χ2n) is 4.11. The lowest BCUT2D eigenvalue weighted by Gasteiger charge is -2.29. The molecule has 0 spiro atoms. The van der Waals surface area contributed by atoms with E-state index in [2.05, 4.69) is 4.72 Å². The molecule has 0 atom stereocenters. The van der Waals surface area contributed by atoms with E-state index in [1.54, 1.807) is 0 Å². The molecular formula is C9H23N3O2S. The minimum Gasteiger partial charge on any atom is -0.330 e. The van der Waals surface area contributed by atoms with Gasteiger partial charge in [0.2, 0.25) is 0 Å². The summed E-state index contributed by atoms with van der Waals surface area (Å²) in [6, 6.07) is 0. The summed E-state index contributed by atoms with van der Waals surface area (Å²) >= 11 is 0. The van der Waals surface area contributed by atoms with Gasteiger partial charge in [-0.25, -0.2) is 0 Å². The normalized spacial score (nSPS) is 13.5. The van der Waals surface area contributed by atoms with Crippen molar-refractivity contribution in [2.75, 3.05) is 19.6 Å². The molecule has 6 heteroatoms. The molecule has 92 valence electrons. The number of hydrogen-bond acceptors (Lipinski definition) is 3. The summed E-state index contributed by atoms with van der Waals surface area (Å²) in [6.07, 6.45) is 0.619. The van der Waals surface area contributed by atoms with Gasteiger partial charge >= 0.3 is 0 Å². The van der Waals surface area contributed by atoms with Crippen LogP contribution in [-0.4, -0.2) is 37.9 Å². The number of nitrogens with one attached hydrogen (secondary N) is 1. The van der Waals surface area contributed by atoms with Gasteiger partial charge in [0, 0.05) is 18.6 Å². The number of hydrogen-bond donors (Lipinski definition) is 2. The van der Waals surface area contributed by atoms with E-state index in [1.807, 2.05) is 27.7 Å². The minimum absolute atomic E-state index is 0.466. The number of rotatable bonds is 7. The monoisotopic (exact) mass is 237 g/mol. The molecule has 0 unspecified atom stereocenters. The van der Waals surface area contributed by atoms with E-state index in [9.17, 15) is 8.42 Å². The molecule has 15 heavy (non-hydrogen) atoms. The highest BCUT2D eigenvalue weighted by Crippen LogP contribution is 2.10. The van der Waals surface area contributed by atoms with E-state index < -0.39 is 15.7 Å². The Morgan fingerprint density at radius 1 is 1.27 bits per heavy atom. The zero-order valence-electron chi connectivity index (χ0n) is 10.1. The van der Waals surface area contributed by atoms with Crippen LogP contribution in [0, 0.1) is 0 Å². The lowest BCUT2D eigenvalue weighted by Crippen LogP contribution is -2.51. The minimum atomic E-state index is -3.37. The van der Waals surface area contributed by atoms with E-state index in [0.29, 0.717) is 26.1 Å². The first-order valence-corrected chi connectivity index (χ1v) is 6.72. The third-order valence-electron chi connectivity index (χ3n) is 2.22. The van der Waals surface area contributed by atoms with E-state index >= 15 is 0 Å². The lowest BCUT2D eigenvalue weighted by molar-refractivity contribution is 0.383. The quantitative estimate of drug-likeness (QED) is 0.668. The first-order valence-electron chi connectivity index (χ1n) is 5.28. The van der Waals surface area contributed by atoms with Gasteiger partial charge in [-0.05, 0) is 26.8 Å². The van der Waals surface area contributed by atoms with Crippen molar-refractivity contribution in [3.05, 3.63) is 0 Å². The van der Waals surface area contributed by atoms with Crippen LogP contribution in [0.25, 0.3) is 0 Å². The summed E-state index contributed by atoms with van der Waals surface area (Å²) in [5, 5.41) is 0.